The van der Waals surface area contributed by atoms with E-state index in [4.69, 9.17) is 11.6 Å². The van der Waals surface area contributed by atoms with Crippen LogP contribution in [-0.4, -0.2) is 16.5 Å². The monoisotopic (exact) mass is 295 g/mol. The molecule has 0 aliphatic rings. The number of hydrogen-bond donors (Lipinski definition) is 1. The summed E-state index contributed by atoms with van der Waals surface area (Å²) < 4.78 is 0. The zero-order valence-electron chi connectivity index (χ0n) is 11.2. The standard InChI is InChI=1S/C14H18ClN3S/c1-3-4-12-17-13(15)10(2)14(18-12)16-7-5-11-6-8-19-9-11/h6,8-9H,3-5,7H2,1-2H3,(H,16,17,18). The van der Waals surface area contributed by atoms with Gasteiger partial charge >= 0.3 is 0 Å². The second-order valence-electron chi connectivity index (χ2n) is 4.46. The van der Waals surface area contributed by atoms with Crippen molar-refractivity contribution in [2.45, 2.75) is 33.1 Å². The number of aromatic nitrogens is 2. The lowest BCUT2D eigenvalue weighted by atomic mass is 10.2. The summed E-state index contributed by atoms with van der Waals surface area (Å²) in [5.41, 5.74) is 2.27. The highest BCUT2D eigenvalue weighted by Crippen LogP contribution is 2.20. The van der Waals surface area contributed by atoms with E-state index in [-0.39, 0.29) is 0 Å². The molecule has 2 rings (SSSR count). The van der Waals surface area contributed by atoms with E-state index in [2.05, 4.69) is 39.0 Å². The first kappa shape index (κ1) is 14.3. The van der Waals surface area contributed by atoms with Gasteiger partial charge in [0.25, 0.3) is 0 Å². The highest BCUT2D eigenvalue weighted by atomic mass is 35.5. The molecular formula is C14H18ClN3S. The zero-order chi connectivity index (χ0) is 13.7. The second kappa shape index (κ2) is 6.87. The summed E-state index contributed by atoms with van der Waals surface area (Å²) >= 11 is 7.87. The van der Waals surface area contributed by atoms with Crippen molar-refractivity contribution < 1.29 is 0 Å². The number of nitrogens with one attached hydrogen (secondary N) is 1. The average Bonchev–Trinajstić information content (AvgIpc) is 2.88. The van der Waals surface area contributed by atoms with Crippen LogP contribution in [0.15, 0.2) is 16.8 Å². The average molecular weight is 296 g/mol. The number of anilines is 1. The number of halogens is 1. The third-order valence-electron chi connectivity index (χ3n) is 2.89. The largest absolute Gasteiger partial charge is 0.369 e. The van der Waals surface area contributed by atoms with E-state index in [9.17, 15) is 0 Å². The van der Waals surface area contributed by atoms with Crippen molar-refractivity contribution >= 4 is 28.8 Å². The minimum Gasteiger partial charge on any atom is -0.369 e. The Bertz CT molecular complexity index is 526. The Morgan fingerprint density at radius 2 is 2.16 bits per heavy atom. The molecule has 0 aliphatic heterocycles. The lowest BCUT2D eigenvalue weighted by Crippen LogP contribution is -2.10. The van der Waals surface area contributed by atoms with E-state index in [1.807, 2.05) is 6.92 Å². The molecule has 2 aromatic heterocycles. The fourth-order valence-corrected chi connectivity index (χ4v) is 2.69. The number of hydrogen-bond acceptors (Lipinski definition) is 4. The van der Waals surface area contributed by atoms with Crippen molar-refractivity contribution in [1.29, 1.82) is 0 Å². The molecule has 0 spiro atoms. The fourth-order valence-electron chi connectivity index (χ4n) is 1.80. The summed E-state index contributed by atoms with van der Waals surface area (Å²) in [6.07, 6.45) is 2.88. The SMILES string of the molecule is CCCc1nc(Cl)c(C)c(NCCc2ccsc2)n1. The Morgan fingerprint density at radius 3 is 2.84 bits per heavy atom. The number of thiophene rings is 1. The lowest BCUT2D eigenvalue weighted by molar-refractivity contribution is 0.829. The van der Waals surface area contributed by atoms with Gasteiger partial charge in [0.2, 0.25) is 0 Å². The van der Waals surface area contributed by atoms with Crippen LogP contribution in [0, 0.1) is 6.92 Å². The quantitative estimate of drug-likeness (QED) is 0.815. The summed E-state index contributed by atoms with van der Waals surface area (Å²) in [6.45, 7) is 4.92. The minimum atomic E-state index is 0.552. The second-order valence-corrected chi connectivity index (χ2v) is 5.60. The van der Waals surface area contributed by atoms with Crippen LogP contribution in [0.25, 0.3) is 0 Å². The first-order valence-electron chi connectivity index (χ1n) is 6.48. The Morgan fingerprint density at radius 1 is 1.32 bits per heavy atom. The van der Waals surface area contributed by atoms with Crippen LogP contribution < -0.4 is 5.32 Å². The molecule has 3 nitrogen and oxygen atoms in total. The van der Waals surface area contributed by atoms with Crippen molar-refractivity contribution in [3.63, 3.8) is 0 Å². The van der Waals surface area contributed by atoms with Gasteiger partial charge in [-0.05, 0) is 42.2 Å². The Kier molecular flexibility index (Phi) is 5.16. The van der Waals surface area contributed by atoms with Crippen LogP contribution in [0.2, 0.25) is 5.15 Å². The van der Waals surface area contributed by atoms with Crippen molar-refractivity contribution in [3.05, 3.63) is 38.9 Å². The lowest BCUT2D eigenvalue weighted by Gasteiger charge is -2.10. The summed E-state index contributed by atoms with van der Waals surface area (Å²) in [7, 11) is 0. The first-order chi connectivity index (χ1) is 9.20. The first-order valence-corrected chi connectivity index (χ1v) is 7.80. The zero-order valence-corrected chi connectivity index (χ0v) is 12.8. The summed E-state index contributed by atoms with van der Waals surface area (Å²) in [5.74, 6) is 1.68. The molecule has 0 saturated heterocycles. The molecule has 0 fully saturated rings. The van der Waals surface area contributed by atoms with E-state index in [1.165, 1.54) is 5.56 Å². The van der Waals surface area contributed by atoms with Crippen LogP contribution in [0.4, 0.5) is 5.82 Å². The Hall–Kier alpha value is -1.13. The van der Waals surface area contributed by atoms with Crippen molar-refractivity contribution in [2.75, 3.05) is 11.9 Å². The molecule has 0 saturated carbocycles. The maximum Gasteiger partial charge on any atom is 0.137 e. The van der Waals surface area contributed by atoms with Gasteiger partial charge in [-0.1, -0.05) is 18.5 Å². The van der Waals surface area contributed by atoms with E-state index >= 15 is 0 Å². The molecule has 0 atom stereocenters. The van der Waals surface area contributed by atoms with Gasteiger partial charge in [-0.15, -0.1) is 0 Å². The van der Waals surface area contributed by atoms with Gasteiger partial charge in [0.15, 0.2) is 0 Å². The highest BCUT2D eigenvalue weighted by molar-refractivity contribution is 7.07. The summed E-state index contributed by atoms with van der Waals surface area (Å²) in [5, 5.41) is 8.18. The normalized spacial score (nSPS) is 10.7. The van der Waals surface area contributed by atoms with Crippen molar-refractivity contribution in [2.24, 2.45) is 0 Å². The molecule has 0 aromatic carbocycles. The fraction of sp³-hybridized carbons (Fsp3) is 0.429. The maximum atomic E-state index is 6.14. The molecule has 0 aliphatic carbocycles. The molecule has 2 heterocycles. The van der Waals surface area contributed by atoms with Gasteiger partial charge in [0, 0.05) is 18.5 Å². The third-order valence-corrected chi connectivity index (χ3v) is 3.99. The summed E-state index contributed by atoms with van der Waals surface area (Å²) in [4.78, 5) is 8.83. The van der Waals surface area contributed by atoms with Crippen LogP contribution >= 0.6 is 22.9 Å². The maximum absolute atomic E-state index is 6.14. The van der Waals surface area contributed by atoms with Crippen LogP contribution in [0.3, 0.4) is 0 Å². The molecular weight excluding hydrogens is 278 g/mol. The Labute approximate surface area is 123 Å². The molecule has 102 valence electrons. The number of nitrogens with zero attached hydrogens (tertiary/aromatic N) is 2. The van der Waals surface area contributed by atoms with Crippen molar-refractivity contribution in [1.82, 2.24) is 9.97 Å². The van der Waals surface area contributed by atoms with E-state index < -0.39 is 0 Å². The van der Waals surface area contributed by atoms with Crippen LogP contribution in [0.5, 0.6) is 0 Å². The molecule has 0 unspecified atom stereocenters. The van der Waals surface area contributed by atoms with Gasteiger partial charge < -0.3 is 5.32 Å². The predicted octanol–water partition coefficient (Wildman–Crippen LogP) is 4.11. The van der Waals surface area contributed by atoms with Gasteiger partial charge in [-0.2, -0.15) is 11.3 Å². The van der Waals surface area contributed by atoms with E-state index in [0.717, 1.165) is 43.0 Å². The van der Waals surface area contributed by atoms with Gasteiger partial charge in [0.05, 0.1) is 0 Å². The van der Waals surface area contributed by atoms with Crippen LogP contribution in [0.1, 0.15) is 30.3 Å². The molecule has 0 bridgehead atoms. The summed E-state index contributed by atoms with van der Waals surface area (Å²) in [6, 6.07) is 2.15. The molecule has 0 radical (unpaired) electrons. The number of aryl methyl sites for hydroxylation is 1. The molecule has 1 N–H and O–H groups in total. The Balaban J connectivity index is 2.02. The predicted molar refractivity (Wildman–Crippen MR) is 82.3 cm³/mol. The highest BCUT2D eigenvalue weighted by Gasteiger charge is 2.08. The molecule has 2 aromatic rings. The van der Waals surface area contributed by atoms with Crippen LogP contribution in [-0.2, 0) is 12.8 Å². The smallest absolute Gasteiger partial charge is 0.137 e. The van der Waals surface area contributed by atoms with Gasteiger partial charge in [0.1, 0.15) is 16.8 Å². The minimum absolute atomic E-state index is 0.552. The van der Waals surface area contributed by atoms with Crippen molar-refractivity contribution in [3.8, 4) is 0 Å². The third kappa shape index (κ3) is 3.91. The van der Waals surface area contributed by atoms with Gasteiger partial charge in [-0.25, -0.2) is 9.97 Å². The van der Waals surface area contributed by atoms with E-state index in [0.29, 0.717) is 5.15 Å². The molecule has 0 amide bonds. The van der Waals surface area contributed by atoms with E-state index in [1.54, 1.807) is 11.3 Å². The van der Waals surface area contributed by atoms with Gasteiger partial charge in [-0.3, -0.25) is 0 Å². The number of rotatable bonds is 6. The molecule has 5 heteroatoms. The topological polar surface area (TPSA) is 37.8 Å². The molecule has 19 heavy (non-hydrogen) atoms.